The van der Waals surface area contributed by atoms with Crippen LogP contribution in [0.4, 0.5) is 0 Å². The molecular weight excluding hydrogens is 206 g/mol. The molecule has 2 rings (SSSR count). The highest BCUT2D eigenvalue weighted by molar-refractivity contribution is 7.18. The molecule has 15 heavy (non-hydrogen) atoms. The number of hydrogen-bond acceptors (Lipinski definition) is 3. The molecule has 1 aromatic heterocycles. The van der Waals surface area contributed by atoms with Gasteiger partial charge in [-0.05, 0) is 25.5 Å². The van der Waals surface area contributed by atoms with E-state index in [1.54, 1.807) is 18.4 Å². The molecule has 2 nitrogen and oxygen atoms in total. The summed E-state index contributed by atoms with van der Waals surface area (Å²) in [6, 6.07) is 4.12. The van der Waals surface area contributed by atoms with Crippen LogP contribution < -0.4 is 4.74 Å². The lowest BCUT2D eigenvalue weighted by molar-refractivity contribution is 0.412. The largest absolute Gasteiger partial charge is 0.496 e. The van der Waals surface area contributed by atoms with Crippen molar-refractivity contribution in [2.24, 2.45) is 0 Å². The molecule has 0 N–H and O–H groups in total. The fourth-order valence-corrected chi connectivity index (χ4v) is 2.30. The molecule has 0 unspecified atom stereocenters. The van der Waals surface area contributed by atoms with Crippen molar-refractivity contribution >= 4 is 21.6 Å². The monoisotopic (exact) mass is 223 g/mol. The highest BCUT2D eigenvalue weighted by Crippen LogP contribution is 2.28. The number of fused-ring (bicyclic) bond motifs is 1. The Morgan fingerprint density at radius 3 is 2.47 bits per heavy atom. The van der Waals surface area contributed by atoms with Gasteiger partial charge in [-0.2, -0.15) is 0 Å². The summed E-state index contributed by atoms with van der Waals surface area (Å²) in [5.74, 6) is 0.915. The van der Waals surface area contributed by atoms with E-state index in [1.165, 1.54) is 10.3 Å². The Balaban J connectivity index is 0.000000531. The van der Waals surface area contributed by atoms with Crippen LogP contribution in [0.15, 0.2) is 12.1 Å². The summed E-state index contributed by atoms with van der Waals surface area (Å²) in [6.07, 6.45) is 0. The molecule has 0 saturated carbocycles. The third kappa shape index (κ3) is 2.48. The summed E-state index contributed by atoms with van der Waals surface area (Å²) in [6.45, 7) is 8.07. The fraction of sp³-hybridized carbons (Fsp3) is 0.417. The molecule has 0 radical (unpaired) electrons. The Kier molecular flexibility index (Phi) is 4.09. The quantitative estimate of drug-likeness (QED) is 0.730. The maximum atomic E-state index is 5.23. The van der Waals surface area contributed by atoms with Crippen molar-refractivity contribution in [3.63, 3.8) is 0 Å². The standard InChI is InChI=1S/C10H11NOS.C2H6/c1-6-4-10-8(5-9(6)12-3)11-7(2)13-10;1-2/h4-5H,1-3H3;1-2H3. The van der Waals surface area contributed by atoms with Gasteiger partial charge in [-0.3, -0.25) is 0 Å². The number of methoxy groups -OCH3 is 1. The Morgan fingerprint density at radius 2 is 1.87 bits per heavy atom. The third-order valence-corrected chi connectivity index (χ3v) is 2.95. The second-order valence-electron chi connectivity index (χ2n) is 3.02. The first-order valence-corrected chi connectivity index (χ1v) is 5.94. The predicted octanol–water partition coefficient (Wildman–Crippen LogP) is 3.95. The molecule has 0 saturated heterocycles. The second-order valence-corrected chi connectivity index (χ2v) is 4.26. The van der Waals surface area contributed by atoms with Gasteiger partial charge in [0.1, 0.15) is 5.75 Å². The van der Waals surface area contributed by atoms with E-state index in [9.17, 15) is 0 Å². The average Bonchev–Trinajstić information content (AvgIpc) is 2.59. The first-order chi connectivity index (χ1) is 7.20. The maximum absolute atomic E-state index is 5.23. The zero-order valence-corrected chi connectivity index (χ0v) is 10.7. The molecule has 2 aromatic rings. The SMILES string of the molecule is CC.COc1cc2nc(C)sc2cc1C. The van der Waals surface area contributed by atoms with Crippen molar-refractivity contribution in [1.82, 2.24) is 4.98 Å². The van der Waals surface area contributed by atoms with Crippen LogP contribution >= 0.6 is 11.3 Å². The van der Waals surface area contributed by atoms with Crippen LogP contribution in [-0.4, -0.2) is 12.1 Å². The van der Waals surface area contributed by atoms with Gasteiger partial charge in [-0.1, -0.05) is 13.8 Å². The van der Waals surface area contributed by atoms with Crippen molar-refractivity contribution in [3.05, 3.63) is 22.7 Å². The predicted molar refractivity (Wildman–Crippen MR) is 67.0 cm³/mol. The van der Waals surface area contributed by atoms with E-state index >= 15 is 0 Å². The van der Waals surface area contributed by atoms with Crippen molar-refractivity contribution in [2.45, 2.75) is 27.7 Å². The van der Waals surface area contributed by atoms with Gasteiger partial charge in [0.15, 0.2) is 0 Å². The molecule has 82 valence electrons. The molecule has 0 bridgehead atoms. The van der Waals surface area contributed by atoms with Crippen molar-refractivity contribution < 1.29 is 4.74 Å². The molecule has 1 heterocycles. The van der Waals surface area contributed by atoms with E-state index in [4.69, 9.17) is 4.74 Å². The van der Waals surface area contributed by atoms with Gasteiger partial charge < -0.3 is 4.74 Å². The lowest BCUT2D eigenvalue weighted by Gasteiger charge is -2.02. The lowest BCUT2D eigenvalue weighted by atomic mass is 10.2. The average molecular weight is 223 g/mol. The van der Waals surface area contributed by atoms with Crippen LogP contribution in [-0.2, 0) is 0 Å². The van der Waals surface area contributed by atoms with E-state index in [-0.39, 0.29) is 0 Å². The van der Waals surface area contributed by atoms with E-state index in [0.29, 0.717) is 0 Å². The summed E-state index contributed by atoms with van der Waals surface area (Å²) in [5, 5.41) is 1.10. The van der Waals surface area contributed by atoms with Crippen molar-refractivity contribution in [3.8, 4) is 5.75 Å². The number of nitrogens with zero attached hydrogens (tertiary/aromatic N) is 1. The first kappa shape index (κ1) is 12.0. The number of aryl methyl sites for hydroxylation is 2. The molecule has 1 aromatic carbocycles. The molecule has 0 aliphatic rings. The minimum absolute atomic E-state index is 0.915. The Morgan fingerprint density at radius 1 is 1.20 bits per heavy atom. The molecule has 0 fully saturated rings. The molecule has 0 spiro atoms. The van der Waals surface area contributed by atoms with Crippen molar-refractivity contribution in [2.75, 3.05) is 7.11 Å². The molecule has 0 atom stereocenters. The molecule has 3 heteroatoms. The van der Waals surface area contributed by atoms with Crippen LogP contribution in [0.1, 0.15) is 24.4 Å². The van der Waals surface area contributed by atoms with Gasteiger partial charge in [-0.25, -0.2) is 4.98 Å². The van der Waals surface area contributed by atoms with E-state index in [1.807, 2.05) is 33.8 Å². The molecular formula is C12H17NOS. The first-order valence-electron chi connectivity index (χ1n) is 5.12. The highest BCUT2D eigenvalue weighted by Gasteiger charge is 2.04. The van der Waals surface area contributed by atoms with E-state index < -0.39 is 0 Å². The van der Waals surface area contributed by atoms with Gasteiger partial charge in [0, 0.05) is 6.07 Å². The Hall–Kier alpha value is -1.09. The second kappa shape index (κ2) is 5.12. The minimum Gasteiger partial charge on any atom is -0.496 e. The van der Waals surface area contributed by atoms with Gasteiger partial charge in [-0.15, -0.1) is 11.3 Å². The third-order valence-electron chi connectivity index (χ3n) is 2.01. The fourth-order valence-electron chi connectivity index (χ4n) is 1.39. The minimum atomic E-state index is 0.915. The molecule has 0 aliphatic heterocycles. The van der Waals surface area contributed by atoms with Crippen molar-refractivity contribution in [1.29, 1.82) is 0 Å². The number of aromatic nitrogens is 1. The van der Waals surface area contributed by atoms with Crippen LogP contribution in [0, 0.1) is 13.8 Å². The topological polar surface area (TPSA) is 22.1 Å². The summed E-state index contributed by atoms with van der Waals surface area (Å²) >= 11 is 1.72. The van der Waals surface area contributed by atoms with Gasteiger partial charge in [0.2, 0.25) is 0 Å². The molecule has 0 amide bonds. The summed E-state index contributed by atoms with van der Waals surface area (Å²) in [4.78, 5) is 4.40. The number of hydrogen-bond donors (Lipinski definition) is 0. The van der Waals surface area contributed by atoms with Gasteiger partial charge in [0.05, 0.1) is 22.3 Å². The normalized spacial score (nSPS) is 9.67. The van der Waals surface area contributed by atoms with Crippen LogP contribution in [0.25, 0.3) is 10.2 Å². The number of rotatable bonds is 1. The highest BCUT2D eigenvalue weighted by atomic mass is 32.1. The number of ether oxygens (including phenoxy) is 1. The van der Waals surface area contributed by atoms with Crippen LogP contribution in [0.5, 0.6) is 5.75 Å². The zero-order valence-electron chi connectivity index (χ0n) is 9.92. The van der Waals surface area contributed by atoms with Gasteiger partial charge >= 0.3 is 0 Å². The molecule has 0 aliphatic carbocycles. The maximum Gasteiger partial charge on any atom is 0.124 e. The smallest absolute Gasteiger partial charge is 0.124 e. The van der Waals surface area contributed by atoms with E-state index in [0.717, 1.165) is 16.3 Å². The van der Waals surface area contributed by atoms with Crippen LogP contribution in [0.3, 0.4) is 0 Å². The van der Waals surface area contributed by atoms with E-state index in [2.05, 4.69) is 11.1 Å². The zero-order chi connectivity index (χ0) is 11.4. The number of thiazole rings is 1. The summed E-state index contributed by atoms with van der Waals surface area (Å²) < 4.78 is 6.46. The van der Waals surface area contributed by atoms with Gasteiger partial charge in [0.25, 0.3) is 0 Å². The lowest BCUT2D eigenvalue weighted by Crippen LogP contribution is -1.86. The Bertz CT molecular complexity index is 448. The Labute approximate surface area is 94.9 Å². The summed E-state index contributed by atoms with van der Waals surface area (Å²) in [5.41, 5.74) is 2.20. The summed E-state index contributed by atoms with van der Waals surface area (Å²) in [7, 11) is 1.69. The van der Waals surface area contributed by atoms with Crippen LogP contribution in [0.2, 0.25) is 0 Å². The number of benzene rings is 1.